The number of aromatic hydroxyl groups is 2. The third-order valence-corrected chi connectivity index (χ3v) is 8.17. The highest BCUT2D eigenvalue weighted by atomic mass is 127. The van der Waals surface area contributed by atoms with Crippen LogP contribution in [-0.2, 0) is 0 Å². The lowest BCUT2D eigenvalue weighted by Gasteiger charge is -2.04. The summed E-state index contributed by atoms with van der Waals surface area (Å²) in [4.78, 5) is 20.7. The van der Waals surface area contributed by atoms with E-state index in [0.29, 0.717) is 23.7 Å². The van der Waals surface area contributed by atoms with Gasteiger partial charge in [-0.15, -0.1) is 0 Å². The van der Waals surface area contributed by atoms with Crippen molar-refractivity contribution in [3.05, 3.63) is 49.7 Å². The molecule has 0 aliphatic rings. The van der Waals surface area contributed by atoms with E-state index in [1.54, 1.807) is 24.3 Å². The van der Waals surface area contributed by atoms with Gasteiger partial charge in [0.2, 0.25) is 0 Å². The van der Waals surface area contributed by atoms with Crippen molar-refractivity contribution in [3.63, 3.8) is 0 Å². The Morgan fingerprint density at radius 2 is 1.41 bits per heavy atom. The fourth-order valence-corrected chi connectivity index (χ4v) is 3.92. The van der Waals surface area contributed by atoms with Gasteiger partial charge in [-0.1, -0.05) is 0 Å². The number of phenolic OH excluding ortho intramolecular Hbond substituents is 2. The van der Waals surface area contributed by atoms with E-state index in [2.05, 4.69) is 67.8 Å². The number of rotatable bonds is 2. The fraction of sp³-hybridized carbons (Fsp3) is 0. The number of carbonyl (C=O) groups is 2. The van der Waals surface area contributed by atoms with Gasteiger partial charge >= 0.3 is 0 Å². The maximum Gasteiger partial charge on any atom is 0.153 e. The molecule has 0 aliphatic carbocycles. The third-order valence-electron chi connectivity index (χ3n) is 2.41. The molecule has 0 atom stereocenters. The van der Waals surface area contributed by atoms with Crippen molar-refractivity contribution in [2.75, 3.05) is 0 Å². The summed E-state index contributed by atoms with van der Waals surface area (Å²) in [5, 5.41) is 18.5. The molecule has 8 heteroatoms. The zero-order valence-electron chi connectivity index (χ0n) is 10.7. The molecule has 2 rings (SSSR count). The second-order valence-electron chi connectivity index (χ2n) is 3.86. The molecule has 0 bridgehead atoms. The molecule has 2 N–H and O–H groups in total. The summed E-state index contributed by atoms with van der Waals surface area (Å²) in [6.07, 6.45) is 1.29. The molecule has 0 saturated carbocycles. The zero-order valence-corrected chi connectivity index (χ0v) is 19.3. The topological polar surface area (TPSA) is 74.6 Å². The van der Waals surface area contributed by atoms with Crippen LogP contribution in [0.3, 0.4) is 0 Å². The number of carbonyl (C=O) groups excluding carboxylic acids is 2. The molecule has 0 aromatic heterocycles. The van der Waals surface area contributed by atoms with Crippen molar-refractivity contribution in [2.24, 2.45) is 0 Å². The molecular formula is C14H8I4O4. The van der Waals surface area contributed by atoms with E-state index in [9.17, 15) is 14.7 Å². The predicted octanol–water partition coefficient (Wildman–Crippen LogP) is 4.83. The SMILES string of the molecule is O=Cc1cc(I)c(I)c(I)c1O.O=Cc1ccc(I)cc1O. The highest BCUT2D eigenvalue weighted by Crippen LogP contribution is 2.31. The minimum Gasteiger partial charge on any atom is -0.507 e. The summed E-state index contributed by atoms with van der Waals surface area (Å²) in [5.74, 6) is 0.123. The van der Waals surface area contributed by atoms with Gasteiger partial charge in [0.05, 0.1) is 14.7 Å². The second kappa shape index (κ2) is 9.56. The normalized spacial score (nSPS) is 9.64. The quantitative estimate of drug-likeness (QED) is 0.263. The maximum atomic E-state index is 10.5. The van der Waals surface area contributed by atoms with E-state index in [0.717, 1.165) is 14.3 Å². The predicted molar refractivity (Wildman–Crippen MR) is 118 cm³/mol. The number of hydrogen-bond acceptors (Lipinski definition) is 4. The van der Waals surface area contributed by atoms with Gasteiger partial charge in [-0.2, -0.15) is 0 Å². The summed E-state index contributed by atoms with van der Waals surface area (Å²) in [7, 11) is 0. The van der Waals surface area contributed by atoms with Crippen LogP contribution in [0.2, 0.25) is 0 Å². The van der Waals surface area contributed by atoms with Gasteiger partial charge in [0.1, 0.15) is 11.5 Å². The first kappa shape index (κ1) is 20.3. The van der Waals surface area contributed by atoms with E-state index in [1.807, 2.05) is 22.6 Å². The number of hydrogen-bond donors (Lipinski definition) is 2. The highest BCUT2D eigenvalue weighted by Gasteiger charge is 2.11. The average Bonchev–Trinajstić information content (AvgIpc) is 2.49. The Morgan fingerprint density at radius 3 is 1.91 bits per heavy atom. The van der Waals surface area contributed by atoms with Crippen molar-refractivity contribution in [2.45, 2.75) is 0 Å². The van der Waals surface area contributed by atoms with Crippen molar-refractivity contribution in [1.82, 2.24) is 0 Å². The maximum absolute atomic E-state index is 10.5. The lowest BCUT2D eigenvalue weighted by Crippen LogP contribution is -1.91. The smallest absolute Gasteiger partial charge is 0.153 e. The molecule has 2 aromatic carbocycles. The van der Waals surface area contributed by atoms with E-state index in [-0.39, 0.29) is 11.5 Å². The summed E-state index contributed by atoms with van der Waals surface area (Å²) in [5.41, 5.74) is 0.685. The van der Waals surface area contributed by atoms with Gasteiger partial charge < -0.3 is 10.2 Å². The standard InChI is InChI=1S/C7H3I3O2.C7H5IO2/c8-4-1-3(2-11)7(12)6(10)5(4)9;8-6-2-1-5(4-9)7(10)3-6/h1-2,12H;1-4,10H. The third kappa shape index (κ3) is 5.43. The van der Waals surface area contributed by atoms with Crippen molar-refractivity contribution in [1.29, 1.82) is 0 Å². The largest absolute Gasteiger partial charge is 0.507 e. The summed E-state index contributed by atoms with van der Waals surface area (Å²) in [6, 6.07) is 6.57. The molecule has 116 valence electrons. The molecule has 0 saturated heterocycles. The Balaban J connectivity index is 0.000000224. The lowest BCUT2D eigenvalue weighted by molar-refractivity contribution is 0.111. The van der Waals surface area contributed by atoms with E-state index in [1.165, 1.54) is 0 Å². The van der Waals surface area contributed by atoms with E-state index >= 15 is 0 Å². The minimum atomic E-state index is 0.0434. The van der Waals surface area contributed by atoms with Crippen LogP contribution in [0.4, 0.5) is 0 Å². The number of benzene rings is 2. The fourth-order valence-electron chi connectivity index (χ4n) is 1.31. The summed E-state index contributed by atoms with van der Waals surface area (Å²) >= 11 is 8.35. The first-order valence-electron chi connectivity index (χ1n) is 5.57. The highest BCUT2D eigenvalue weighted by molar-refractivity contribution is 14.1. The lowest BCUT2D eigenvalue weighted by atomic mass is 10.2. The molecule has 0 heterocycles. The van der Waals surface area contributed by atoms with Crippen molar-refractivity contribution in [3.8, 4) is 11.5 Å². The molecule has 0 unspecified atom stereocenters. The van der Waals surface area contributed by atoms with Crippen molar-refractivity contribution < 1.29 is 19.8 Å². The minimum absolute atomic E-state index is 0.0434. The zero-order chi connectivity index (χ0) is 16.9. The molecule has 22 heavy (non-hydrogen) atoms. The van der Waals surface area contributed by atoms with Gasteiger partial charge in [-0.3, -0.25) is 9.59 Å². The van der Waals surface area contributed by atoms with Gasteiger partial charge in [0, 0.05) is 10.7 Å². The summed E-state index contributed by atoms with van der Waals surface area (Å²) in [6.45, 7) is 0. The number of aldehydes is 2. The van der Waals surface area contributed by atoms with Crippen LogP contribution in [-0.4, -0.2) is 22.8 Å². The van der Waals surface area contributed by atoms with Crippen LogP contribution >= 0.6 is 90.4 Å². The Bertz CT molecular complexity index is 716. The Kier molecular flexibility index (Phi) is 8.84. The van der Waals surface area contributed by atoms with Crippen LogP contribution in [0.25, 0.3) is 0 Å². The first-order chi connectivity index (χ1) is 10.3. The number of halogens is 4. The molecule has 0 radical (unpaired) electrons. The first-order valence-corrected chi connectivity index (χ1v) is 9.88. The molecular weight excluding hydrogens is 740 g/mol. The van der Waals surface area contributed by atoms with Gasteiger partial charge in [-0.25, -0.2) is 0 Å². The van der Waals surface area contributed by atoms with Crippen LogP contribution < -0.4 is 0 Å². The Hall–Kier alpha value is 0.300. The number of phenols is 2. The Labute approximate surface area is 181 Å². The van der Waals surface area contributed by atoms with Gasteiger partial charge in [0.25, 0.3) is 0 Å². The molecule has 2 aromatic rings. The van der Waals surface area contributed by atoms with Crippen LogP contribution in [0.15, 0.2) is 24.3 Å². The van der Waals surface area contributed by atoms with Crippen LogP contribution in [0, 0.1) is 14.3 Å². The molecule has 4 nitrogen and oxygen atoms in total. The van der Waals surface area contributed by atoms with Crippen molar-refractivity contribution >= 4 is 103 Å². The second-order valence-corrected chi connectivity index (χ2v) is 8.43. The van der Waals surface area contributed by atoms with Gasteiger partial charge in [0.15, 0.2) is 12.6 Å². The van der Waals surface area contributed by atoms with Crippen LogP contribution in [0.1, 0.15) is 20.7 Å². The van der Waals surface area contributed by atoms with Gasteiger partial charge in [-0.05, 0) is 115 Å². The van der Waals surface area contributed by atoms with E-state index in [4.69, 9.17) is 5.11 Å². The molecule has 0 amide bonds. The average molecular weight is 748 g/mol. The monoisotopic (exact) mass is 748 g/mol. The molecule has 0 aliphatic heterocycles. The summed E-state index contributed by atoms with van der Waals surface area (Å²) < 4.78 is 3.62. The molecule has 0 spiro atoms. The van der Waals surface area contributed by atoms with E-state index < -0.39 is 0 Å². The Morgan fingerprint density at radius 1 is 0.818 bits per heavy atom. The van der Waals surface area contributed by atoms with Crippen LogP contribution in [0.5, 0.6) is 11.5 Å². The molecule has 0 fully saturated rings.